The van der Waals surface area contributed by atoms with Crippen LogP contribution in [0.15, 0.2) is 60.9 Å². The zero-order valence-electron chi connectivity index (χ0n) is 17.4. The van der Waals surface area contributed by atoms with E-state index in [1.54, 1.807) is 0 Å². The lowest BCUT2D eigenvalue weighted by molar-refractivity contribution is 0.0207. The van der Waals surface area contributed by atoms with E-state index < -0.39 is 17.8 Å². The van der Waals surface area contributed by atoms with Crippen LogP contribution in [0.5, 0.6) is 0 Å². The van der Waals surface area contributed by atoms with Crippen LogP contribution in [0.2, 0.25) is 0 Å². The Morgan fingerprint density at radius 2 is 1.57 bits per heavy atom. The Bertz CT molecular complexity index is 963. The number of carbonyl (C=O) groups is 2. The first kappa shape index (κ1) is 20.0. The van der Waals surface area contributed by atoms with Crippen LogP contribution in [0, 0.1) is 0 Å². The Morgan fingerprint density at radius 3 is 2.10 bits per heavy atom. The standard InChI is InChI=1S/C24H26N2O4/c1-24(2,3)30-23(29)26-13-12-25(22(27)28)15-16(26)14-21-19-10-6-4-8-17(19)18-9-5-7-11-20(18)21/h4-13,16,21H,14-15H2,1-3H3,(H,27,28). The summed E-state index contributed by atoms with van der Waals surface area (Å²) in [4.78, 5) is 27.2. The van der Waals surface area contributed by atoms with Gasteiger partial charge in [0.05, 0.1) is 6.04 Å². The normalized spacial score (nSPS) is 18.2. The molecule has 0 spiro atoms. The van der Waals surface area contributed by atoms with Crippen molar-refractivity contribution < 1.29 is 19.4 Å². The molecular weight excluding hydrogens is 380 g/mol. The van der Waals surface area contributed by atoms with Crippen LogP contribution in [0.3, 0.4) is 0 Å². The Kier molecular flexibility index (Phi) is 5.02. The van der Waals surface area contributed by atoms with Crippen LogP contribution in [-0.2, 0) is 4.74 Å². The summed E-state index contributed by atoms with van der Waals surface area (Å²) < 4.78 is 5.58. The van der Waals surface area contributed by atoms with Crippen molar-refractivity contribution in [3.63, 3.8) is 0 Å². The van der Waals surface area contributed by atoms with Gasteiger partial charge in [0.2, 0.25) is 0 Å². The molecule has 0 radical (unpaired) electrons. The van der Waals surface area contributed by atoms with Gasteiger partial charge < -0.3 is 9.84 Å². The van der Waals surface area contributed by atoms with E-state index in [1.807, 2.05) is 45.0 Å². The van der Waals surface area contributed by atoms with Crippen molar-refractivity contribution in [1.29, 1.82) is 0 Å². The molecule has 1 atom stereocenters. The van der Waals surface area contributed by atoms with Crippen LogP contribution in [0.4, 0.5) is 9.59 Å². The molecule has 1 aliphatic carbocycles. The van der Waals surface area contributed by atoms with Gasteiger partial charge in [-0.25, -0.2) is 9.59 Å². The minimum atomic E-state index is -1.03. The molecule has 1 N–H and O–H groups in total. The summed E-state index contributed by atoms with van der Waals surface area (Å²) in [6, 6.07) is 16.2. The van der Waals surface area contributed by atoms with Crippen LogP contribution in [0.25, 0.3) is 11.1 Å². The number of hydrogen-bond donors (Lipinski definition) is 1. The Hall–Kier alpha value is -3.28. The van der Waals surface area contributed by atoms with E-state index in [9.17, 15) is 14.7 Å². The third kappa shape index (κ3) is 3.77. The number of carboxylic acid groups (broad SMARTS) is 1. The first-order valence-electron chi connectivity index (χ1n) is 10.1. The number of amides is 2. The zero-order chi connectivity index (χ0) is 21.5. The number of rotatable bonds is 2. The molecule has 1 unspecified atom stereocenters. The number of carbonyl (C=O) groups excluding carboxylic acids is 1. The van der Waals surface area contributed by atoms with E-state index in [0.29, 0.717) is 6.42 Å². The lowest BCUT2D eigenvalue weighted by Crippen LogP contribution is -2.49. The van der Waals surface area contributed by atoms with E-state index in [-0.39, 0.29) is 18.5 Å². The second kappa shape index (κ2) is 7.52. The highest BCUT2D eigenvalue weighted by Gasteiger charge is 2.37. The largest absolute Gasteiger partial charge is 0.465 e. The van der Waals surface area contributed by atoms with Gasteiger partial charge in [0.15, 0.2) is 0 Å². The first-order chi connectivity index (χ1) is 14.2. The molecule has 4 rings (SSSR count). The van der Waals surface area contributed by atoms with Gasteiger partial charge in [0, 0.05) is 24.9 Å². The molecular formula is C24H26N2O4. The van der Waals surface area contributed by atoms with Gasteiger partial charge >= 0.3 is 12.2 Å². The number of fused-ring (bicyclic) bond motifs is 3. The van der Waals surface area contributed by atoms with E-state index in [2.05, 4.69) is 24.3 Å². The molecule has 0 aromatic heterocycles. The van der Waals surface area contributed by atoms with Gasteiger partial charge in [-0.15, -0.1) is 0 Å². The fraction of sp³-hybridized carbons (Fsp3) is 0.333. The Morgan fingerprint density at radius 1 is 1.00 bits per heavy atom. The Balaban J connectivity index is 1.68. The highest BCUT2D eigenvalue weighted by atomic mass is 16.6. The molecule has 0 saturated heterocycles. The summed E-state index contributed by atoms with van der Waals surface area (Å²) in [5, 5.41) is 9.48. The van der Waals surface area contributed by atoms with E-state index in [4.69, 9.17) is 4.74 Å². The summed E-state index contributed by atoms with van der Waals surface area (Å²) in [5.41, 5.74) is 4.18. The molecule has 0 bridgehead atoms. The lowest BCUT2D eigenvalue weighted by atomic mass is 9.89. The summed E-state index contributed by atoms with van der Waals surface area (Å²) in [6.07, 6.45) is 2.03. The third-order valence-corrected chi connectivity index (χ3v) is 5.53. The zero-order valence-corrected chi connectivity index (χ0v) is 17.4. The van der Waals surface area contributed by atoms with Crippen molar-refractivity contribution in [3.05, 3.63) is 72.1 Å². The minimum absolute atomic E-state index is 0.0782. The second-order valence-electron chi connectivity index (χ2n) is 8.74. The van der Waals surface area contributed by atoms with Crippen LogP contribution >= 0.6 is 0 Å². The summed E-state index contributed by atoms with van der Waals surface area (Å²) in [7, 11) is 0. The molecule has 30 heavy (non-hydrogen) atoms. The summed E-state index contributed by atoms with van der Waals surface area (Å²) in [5.74, 6) is 0.0782. The van der Waals surface area contributed by atoms with Crippen LogP contribution in [-0.4, -0.2) is 45.3 Å². The molecule has 156 valence electrons. The summed E-state index contributed by atoms with van der Waals surface area (Å²) in [6.45, 7) is 5.66. The average Bonchev–Trinajstić information content (AvgIpc) is 3.01. The van der Waals surface area contributed by atoms with Gasteiger partial charge in [-0.05, 0) is 49.4 Å². The smallest absolute Gasteiger partial charge is 0.414 e. The van der Waals surface area contributed by atoms with Gasteiger partial charge in [0.1, 0.15) is 5.60 Å². The third-order valence-electron chi connectivity index (χ3n) is 5.53. The number of nitrogens with zero attached hydrogens (tertiary/aromatic N) is 2. The van der Waals surface area contributed by atoms with E-state index in [0.717, 1.165) is 0 Å². The predicted octanol–water partition coefficient (Wildman–Crippen LogP) is 5.26. The molecule has 1 aliphatic heterocycles. The molecule has 0 saturated carbocycles. The van der Waals surface area contributed by atoms with Crippen molar-refractivity contribution in [2.24, 2.45) is 0 Å². The second-order valence-corrected chi connectivity index (χ2v) is 8.74. The van der Waals surface area contributed by atoms with Crippen molar-refractivity contribution in [3.8, 4) is 11.1 Å². The van der Waals surface area contributed by atoms with E-state index >= 15 is 0 Å². The fourth-order valence-corrected chi connectivity index (χ4v) is 4.29. The molecule has 2 amide bonds. The molecule has 2 aromatic rings. The number of ether oxygens (including phenoxy) is 1. The quantitative estimate of drug-likeness (QED) is 0.739. The average molecular weight is 406 g/mol. The topological polar surface area (TPSA) is 70.1 Å². The van der Waals surface area contributed by atoms with Gasteiger partial charge in [-0.3, -0.25) is 9.80 Å². The SMILES string of the molecule is CC(C)(C)OC(=O)N1C=CN(C(=O)O)CC1CC1c2ccccc2-c2ccccc21. The van der Waals surface area contributed by atoms with Gasteiger partial charge in [-0.2, -0.15) is 0 Å². The van der Waals surface area contributed by atoms with Crippen LogP contribution in [0.1, 0.15) is 44.2 Å². The highest BCUT2D eigenvalue weighted by Crippen LogP contribution is 2.47. The van der Waals surface area contributed by atoms with Crippen molar-refractivity contribution in [2.75, 3.05) is 6.54 Å². The molecule has 2 aliphatic rings. The maximum absolute atomic E-state index is 12.9. The van der Waals surface area contributed by atoms with Crippen molar-refractivity contribution >= 4 is 12.2 Å². The molecule has 6 nitrogen and oxygen atoms in total. The molecule has 0 fully saturated rings. The van der Waals surface area contributed by atoms with Gasteiger partial charge in [-0.1, -0.05) is 48.5 Å². The Labute approximate surface area is 176 Å². The maximum atomic E-state index is 12.9. The predicted molar refractivity (Wildman–Crippen MR) is 114 cm³/mol. The fourth-order valence-electron chi connectivity index (χ4n) is 4.29. The molecule has 1 heterocycles. The maximum Gasteiger partial charge on any atom is 0.414 e. The van der Waals surface area contributed by atoms with Crippen LogP contribution < -0.4 is 0 Å². The first-order valence-corrected chi connectivity index (χ1v) is 10.1. The van der Waals surface area contributed by atoms with Crippen molar-refractivity contribution in [2.45, 2.75) is 44.8 Å². The van der Waals surface area contributed by atoms with Gasteiger partial charge in [0.25, 0.3) is 0 Å². The number of benzene rings is 2. The van der Waals surface area contributed by atoms with Crippen molar-refractivity contribution in [1.82, 2.24) is 9.80 Å². The number of hydrogen-bond acceptors (Lipinski definition) is 3. The molecule has 6 heteroatoms. The van der Waals surface area contributed by atoms with E-state index in [1.165, 1.54) is 44.5 Å². The lowest BCUT2D eigenvalue weighted by Gasteiger charge is -2.37. The monoisotopic (exact) mass is 406 g/mol. The minimum Gasteiger partial charge on any atom is -0.465 e. The summed E-state index contributed by atoms with van der Waals surface area (Å²) >= 11 is 0. The highest BCUT2D eigenvalue weighted by molar-refractivity contribution is 5.79. The molecule has 2 aromatic carbocycles.